The molecule has 0 radical (unpaired) electrons. The SMILES string of the molecule is [Pt+2].[Pt+2].[c-]1c(Oc2[c-]c3c(cc2)c2ccccc2n3-c2ccccn2)ccc2c3ccc(Oc4[c-]c5c(cc4)c4ccccc4n5-c4ccccn4)[c-]c3n(-c3nnc4ccccc4n3)c12. The molecular formula is C53H28N8O2Pt2. The van der Waals surface area contributed by atoms with Gasteiger partial charge in [-0.25, -0.2) is 15.0 Å². The van der Waals surface area contributed by atoms with Crippen molar-refractivity contribution < 1.29 is 51.6 Å². The molecule has 0 saturated carbocycles. The van der Waals surface area contributed by atoms with E-state index in [2.05, 4.69) is 90.0 Å². The number of benzene rings is 7. The van der Waals surface area contributed by atoms with Crippen molar-refractivity contribution >= 4 is 76.5 Å². The molecule has 0 saturated heterocycles. The van der Waals surface area contributed by atoms with Crippen molar-refractivity contribution in [1.29, 1.82) is 0 Å². The maximum Gasteiger partial charge on any atom is 2.00 e. The molecule has 312 valence electrons. The molecule has 0 aliphatic rings. The molecule has 7 aromatic carbocycles. The molecule has 12 heteroatoms. The Kier molecular flexibility index (Phi) is 10.1. The first kappa shape index (κ1) is 40.3. The molecule has 6 aromatic heterocycles. The fourth-order valence-corrected chi connectivity index (χ4v) is 8.66. The van der Waals surface area contributed by atoms with Gasteiger partial charge in [0.1, 0.15) is 17.2 Å². The van der Waals surface area contributed by atoms with Crippen LogP contribution in [0.2, 0.25) is 0 Å². The molecule has 0 N–H and O–H groups in total. The first-order valence-electron chi connectivity index (χ1n) is 20.3. The zero-order valence-electron chi connectivity index (χ0n) is 33.7. The van der Waals surface area contributed by atoms with E-state index in [-0.39, 0.29) is 42.1 Å². The number of para-hydroxylation sites is 3. The van der Waals surface area contributed by atoms with E-state index in [1.807, 2.05) is 126 Å². The molecule has 65 heavy (non-hydrogen) atoms. The average Bonchev–Trinajstić information content (AvgIpc) is 3.96. The van der Waals surface area contributed by atoms with Crippen molar-refractivity contribution in [3.63, 3.8) is 0 Å². The quantitative estimate of drug-likeness (QED) is 0.147. The minimum Gasteiger partial charge on any atom is -0.509 e. The number of aromatic nitrogens is 8. The number of hydrogen-bond acceptors (Lipinski definition) is 7. The summed E-state index contributed by atoms with van der Waals surface area (Å²) in [5, 5.41) is 15.3. The molecule has 0 amide bonds. The molecular weight excluding hydrogens is 1170 g/mol. The minimum atomic E-state index is 0. The summed E-state index contributed by atoms with van der Waals surface area (Å²) in [4.78, 5) is 14.3. The van der Waals surface area contributed by atoms with Crippen LogP contribution in [0.5, 0.6) is 23.0 Å². The minimum absolute atomic E-state index is 0. The molecule has 0 atom stereocenters. The van der Waals surface area contributed by atoms with Crippen LogP contribution in [0, 0.1) is 24.3 Å². The fourth-order valence-electron chi connectivity index (χ4n) is 8.66. The van der Waals surface area contributed by atoms with Gasteiger partial charge in [-0.3, -0.25) is 0 Å². The van der Waals surface area contributed by atoms with Crippen molar-refractivity contribution in [2.24, 2.45) is 0 Å². The Hall–Kier alpha value is -7.51. The Balaban J connectivity index is 0.00000234. The summed E-state index contributed by atoms with van der Waals surface area (Å²) in [7, 11) is 0. The molecule has 13 aromatic rings. The second-order valence-corrected chi connectivity index (χ2v) is 15.1. The summed E-state index contributed by atoms with van der Waals surface area (Å²) in [5.74, 6) is 3.98. The van der Waals surface area contributed by atoms with Crippen LogP contribution in [0.15, 0.2) is 170 Å². The smallest absolute Gasteiger partial charge is 0.509 e. The second-order valence-electron chi connectivity index (χ2n) is 15.1. The van der Waals surface area contributed by atoms with Crippen molar-refractivity contribution in [1.82, 2.24) is 38.9 Å². The Morgan fingerprint density at radius 1 is 0.354 bits per heavy atom. The summed E-state index contributed by atoms with van der Waals surface area (Å²) in [6.07, 6.45) is 3.59. The molecule has 0 aliphatic carbocycles. The van der Waals surface area contributed by atoms with Crippen LogP contribution in [-0.4, -0.2) is 38.9 Å². The summed E-state index contributed by atoms with van der Waals surface area (Å²) < 4.78 is 19.3. The standard InChI is InChI=1S/C53H28N8O2.2Pt/c1-5-15-45-37(11-1)39-23-19-33(29-47(39)59(45)51-17-7-9-27-54-51)62-35-21-25-41-42-26-22-36(32-50(42)61(49(41)31-35)53-56-43-13-3-4-14-44(43)57-58-53)63-34-20-24-40-38-12-2-6-16-46(38)60(48(40)30-34)52-18-8-10-28-55-52;;/h1-28H;;/q-4;2*+2. The number of hydrogen-bond donors (Lipinski definition) is 0. The van der Waals surface area contributed by atoms with Gasteiger partial charge in [0.05, 0.1) is 5.52 Å². The van der Waals surface area contributed by atoms with Crippen LogP contribution in [0.25, 0.3) is 94.0 Å². The first-order valence-corrected chi connectivity index (χ1v) is 20.3. The molecule has 10 nitrogen and oxygen atoms in total. The van der Waals surface area contributed by atoms with E-state index >= 15 is 0 Å². The van der Waals surface area contributed by atoms with Crippen LogP contribution in [0.3, 0.4) is 0 Å². The fraction of sp³-hybridized carbons (Fsp3) is 0. The van der Waals surface area contributed by atoms with E-state index < -0.39 is 0 Å². The average molecular weight is 1200 g/mol. The molecule has 0 unspecified atom stereocenters. The molecule has 6 heterocycles. The topological polar surface area (TPSA) is 97.7 Å². The van der Waals surface area contributed by atoms with Gasteiger partial charge in [-0.15, -0.1) is 69.5 Å². The van der Waals surface area contributed by atoms with Crippen LogP contribution >= 0.6 is 0 Å². The van der Waals surface area contributed by atoms with E-state index in [9.17, 15) is 0 Å². The van der Waals surface area contributed by atoms with E-state index in [4.69, 9.17) is 14.5 Å². The molecule has 13 rings (SSSR count). The van der Waals surface area contributed by atoms with Gasteiger partial charge in [0.2, 0.25) is 0 Å². The zero-order chi connectivity index (χ0) is 41.4. The maximum atomic E-state index is 6.58. The number of ether oxygens (including phenoxy) is 2. The van der Waals surface area contributed by atoms with Crippen LogP contribution in [0.1, 0.15) is 0 Å². The number of fused-ring (bicyclic) bond motifs is 10. The molecule has 0 bridgehead atoms. The number of rotatable bonds is 7. The van der Waals surface area contributed by atoms with Gasteiger partial charge in [-0.2, -0.15) is 35.0 Å². The summed E-state index contributed by atoms with van der Waals surface area (Å²) in [6, 6.07) is 66.0. The van der Waals surface area contributed by atoms with Crippen LogP contribution < -0.4 is 9.47 Å². The van der Waals surface area contributed by atoms with E-state index in [1.165, 1.54) is 0 Å². The monoisotopic (exact) mass is 1200 g/mol. The van der Waals surface area contributed by atoms with Gasteiger partial charge < -0.3 is 23.2 Å². The van der Waals surface area contributed by atoms with Crippen molar-refractivity contribution in [3.8, 4) is 40.6 Å². The Bertz CT molecular complexity index is 3730. The van der Waals surface area contributed by atoms with Gasteiger partial charge in [0.25, 0.3) is 5.95 Å². The Morgan fingerprint density at radius 2 is 0.754 bits per heavy atom. The summed E-state index contributed by atoms with van der Waals surface area (Å²) in [5.41, 5.74) is 6.54. The van der Waals surface area contributed by atoms with E-state index in [0.717, 1.165) is 66.0 Å². The Morgan fingerprint density at radius 3 is 1.22 bits per heavy atom. The third kappa shape index (κ3) is 6.68. The van der Waals surface area contributed by atoms with E-state index in [1.54, 1.807) is 12.4 Å². The van der Waals surface area contributed by atoms with Crippen LogP contribution in [-0.2, 0) is 42.1 Å². The van der Waals surface area contributed by atoms with Gasteiger partial charge in [0.15, 0.2) is 0 Å². The van der Waals surface area contributed by atoms with Gasteiger partial charge in [-0.1, -0.05) is 82.7 Å². The van der Waals surface area contributed by atoms with Crippen molar-refractivity contribution in [2.75, 3.05) is 0 Å². The molecule has 0 spiro atoms. The number of nitrogens with zero attached hydrogens (tertiary/aromatic N) is 8. The maximum absolute atomic E-state index is 6.58. The Labute approximate surface area is 399 Å². The van der Waals surface area contributed by atoms with Crippen molar-refractivity contribution in [2.45, 2.75) is 0 Å². The predicted molar refractivity (Wildman–Crippen MR) is 244 cm³/mol. The van der Waals surface area contributed by atoms with Gasteiger partial charge in [-0.05, 0) is 59.3 Å². The predicted octanol–water partition coefficient (Wildman–Crippen LogP) is 11.9. The van der Waals surface area contributed by atoms with Crippen LogP contribution in [0.4, 0.5) is 0 Å². The van der Waals surface area contributed by atoms with Crippen molar-refractivity contribution in [3.05, 3.63) is 194 Å². The third-order valence-corrected chi connectivity index (χ3v) is 11.4. The molecule has 0 aliphatic heterocycles. The van der Waals surface area contributed by atoms with E-state index in [0.29, 0.717) is 51.0 Å². The normalized spacial score (nSPS) is 11.4. The molecule has 0 fully saturated rings. The number of pyridine rings is 2. The first-order chi connectivity index (χ1) is 31.2. The third-order valence-electron chi connectivity index (χ3n) is 11.4. The van der Waals surface area contributed by atoms with Gasteiger partial charge >= 0.3 is 42.1 Å². The second kappa shape index (κ2) is 16.2. The summed E-state index contributed by atoms with van der Waals surface area (Å²) in [6.45, 7) is 0. The van der Waals surface area contributed by atoms with Gasteiger partial charge in [0, 0.05) is 46.4 Å². The zero-order valence-corrected chi connectivity index (χ0v) is 38.2. The summed E-state index contributed by atoms with van der Waals surface area (Å²) >= 11 is 0. The largest absolute Gasteiger partial charge is 2.00 e.